The number of aromatic nitrogens is 2. The molecule has 3 rings (SSSR count). The average Bonchev–Trinajstić information content (AvgIpc) is 2.88. The molecule has 0 aliphatic heterocycles. The third-order valence-electron chi connectivity index (χ3n) is 4.16. The molecule has 0 radical (unpaired) electrons. The Labute approximate surface area is 139 Å². The fourth-order valence-electron chi connectivity index (χ4n) is 2.67. The van der Waals surface area contributed by atoms with E-state index in [9.17, 15) is 9.59 Å². The summed E-state index contributed by atoms with van der Waals surface area (Å²) < 4.78 is 0. The van der Waals surface area contributed by atoms with Crippen LogP contribution in [0, 0.1) is 13.8 Å². The molecule has 0 bridgehead atoms. The van der Waals surface area contributed by atoms with Gasteiger partial charge in [-0.1, -0.05) is 12.1 Å². The standard InChI is InChI=1S/C18H18N4O2/c1-10-11(2)16(22-15(10)17(19)23)18(24)21-9-12-5-6-14-13(8-12)4-3-7-20-14/h3-8,22H,9H2,1-2H3,(H2,19,23)(H,21,24). The van der Waals surface area contributed by atoms with Crippen molar-refractivity contribution in [3.8, 4) is 0 Å². The van der Waals surface area contributed by atoms with E-state index < -0.39 is 5.91 Å². The molecular formula is C18H18N4O2. The summed E-state index contributed by atoms with van der Waals surface area (Å²) in [5, 5.41) is 3.88. The average molecular weight is 322 g/mol. The predicted octanol–water partition coefficient (Wildman–Crippen LogP) is 2.21. The van der Waals surface area contributed by atoms with Gasteiger partial charge in [-0.25, -0.2) is 0 Å². The van der Waals surface area contributed by atoms with Gasteiger partial charge in [-0.2, -0.15) is 0 Å². The van der Waals surface area contributed by atoms with Gasteiger partial charge in [0.1, 0.15) is 11.4 Å². The van der Waals surface area contributed by atoms with Crippen molar-refractivity contribution in [3.05, 3.63) is 64.6 Å². The van der Waals surface area contributed by atoms with Crippen molar-refractivity contribution < 1.29 is 9.59 Å². The molecule has 2 amide bonds. The van der Waals surface area contributed by atoms with E-state index in [0.717, 1.165) is 22.0 Å². The summed E-state index contributed by atoms with van der Waals surface area (Å²) >= 11 is 0. The molecule has 2 heterocycles. The van der Waals surface area contributed by atoms with Gasteiger partial charge in [0.2, 0.25) is 0 Å². The number of amides is 2. The van der Waals surface area contributed by atoms with Crippen molar-refractivity contribution in [2.45, 2.75) is 20.4 Å². The highest BCUT2D eigenvalue weighted by Gasteiger charge is 2.19. The molecule has 0 atom stereocenters. The Balaban J connectivity index is 1.77. The van der Waals surface area contributed by atoms with Crippen LogP contribution in [0.5, 0.6) is 0 Å². The van der Waals surface area contributed by atoms with Crippen molar-refractivity contribution in [2.75, 3.05) is 0 Å². The first-order valence-corrected chi connectivity index (χ1v) is 7.58. The lowest BCUT2D eigenvalue weighted by atomic mass is 10.1. The monoisotopic (exact) mass is 322 g/mol. The lowest BCUT2D eigenvalue weighted by Crippen LogP contribution is -2.24. The van der Waals surface area contributed by atoms with Crippen LogP contribution in [-0.2, 0) is 6.54 Å². The lowest BCUT2D eigenvalue weighted by molar-refractivity contribution is 0.0946. The van der Waals surface area contributed by atoms with Crippen LogP contribution in [0.1, 0.15) is 37.7 Å². The molecule has 2 aromatic heterocycles. The van der Waals surface area contributed by atoms with Crippen LogP contribution in [0.25, 0.3) is 10.9 Å². The summed E-state index contributed by atoms with van der Waals surface area (Å²) in [5.74, 6) is -0.842. The number of aromatic amines is 1. The number of H-pyrrole nitrogens is 1. The van der Waals surface area contributed by atoms with Crippen LogP contribution in [0.2, 0.25) is 0 Å². The maximum Gasteiger partial charge on any atom is 0.268 e. The van der Waals surface area contributed by atoms with E-state index in [-0.39, 0.29) is 11.6 Å². The summed E-state index contributed by atoms with van der Waals surface area (Å²) in [6.07, 6.45) is 1.75. The van der Waals surface area contributed by atoms with E-state index in [0.29, 0.717) is 17.8 Å². The third kappa shape index (κ3) is 2.86. The molecule has 3 aromatic rings. The maximum absolute atomic E-state index is 12.4. The number of fused-ring (bicyclic) bond motifs is 1. The molecule has 1 aromatic carbocycles. The predicted molar refractivity (Wildman–Crippen MR) is 91.7 cm³/mol. The highest BCUT2D eigenvalue weighted by atomic mass is 16.2. The number of nitrogens with one attached hydrogen (secondary N) is 2. The fraction of sp³-hybridized carbons (Fsp3) is 0.167. The van der Waals surface area contributed by atoms with Crippen molar-refractivity contribution in [3.63, 3.8) is 0 Å². The summed E-state index contributed by atoms with van der Waals surface area (Å²) in [4.78, 5) is 30.8. The third-order valence-corrected chi connectivity index (χ3v) is 4.16. The Morgan fingerprint density at radius 3 is 2.62 bits per heavy atom. The van der Waals surface area contributed by atoms with E-state index >= 15 is 0 Å². The molecule has 122 valence electrons. The second-order valence-electron chi connectivity index (χ2n) is 5.70. The largest absolute Gasteiger partial charge is 0.364 e. The molecule has 0 fully saturated rings. The highest BCUT2D eigenvalue weighted by Crippen LogP contribution is 2.17. The summed E-state index contributed by atoms with van der Waals surface area (Å²) in [6.45, 7) is 3.93. The van der Waals surface area contributed by atoms with Crippen molar-refractivity contribution >= 4 is 22.7 Å². The van der Waals surface area contributed by atoms with Crippen LogP contribution in [-0.4, -0.2) is 21.8 Å². The van der Waals surface area contributed by atoms with Gasteiger partial charge in [-0.05, 0) is 48.7 Å². The van der Waals surface area contributed by atoms with Crippen LogP contribution in [0.4, 0.5) is 0 Å². The zero-order valence-electron chi connectivity index (χ0n) is 13.5. The van der Waals surface area contributed by atoms with Crippen LogP contribution >= 0.6 is 0 Å². The van der Waals surface area contributed by atoms with Crippen LogP contribution in [0.3, 0.4) is 0 Å². The first-order chi connectivity index (χ1) is 11.5. The van der Waals surface area contributed by atoms with Crippen molar-refractivity contribution in [2.24, 2.45) is 5.73 Å². The minimum Gasteiger partial charge on any atom is -0.364 e. The number of benzene rings is 1. The molecule has 0 saturated carbocycles. The van der Waals surface area contributed by atoms with Crippen LogP contribution in [0.15, 0.2) is 36.5 Å². The van der Waals surface area contributed by atoms with Crippen LogP contribution < -0.4 is 11.1 Å². The number of pyridine rings is 1. The molecule has 0 aliphatic carbocycles. The number of rotatable bonds is 4. The number of carbonyl (C=O) groups is 2. The Morgan fingerprint density at radius 1 is 1.17 bits per heavy atom. The minimum absolute atomic E-state index is 0.269. The first-order valence-electron chi connectivity index (χ1n) is 7.58. The number of nitrogens with zero attached hydrogens (tertiary/aromatic N) is 1. The number of carbonyl (C=O) groups excluding carboxylic acids is 2. The highest BCUT2D eigenvalue weighted by molar-refractivity contribution is 5.99. The fourth-order valence-corrected chi connectivity index (χ4v) is 2.67. The van der Waals surface area contributed by atoms with Gasteiger partial charge in [-0.3, -0.25) is 14.6 Å². The number of hydrogen-bond donors (Lipinski definition) is 3. The van der Waals surface area contributed by atoms with Gasteiger partial charge in [0, 0.05) is 18.1 Å². The summed E-state index contributed by atoms with van der Waals surface area (Å²) in [6, 6.07) is 9.69. The first kappa shape index (κ1) is 15.7. The van der Waals surface area contributed by atoms with Gasteiger partial charge in [0.05, 0.1) is 5.52 Å². The number of hydrogen-bond acceptors (Lipinski definition) is 3. The number of primary amides is 1. The van der Waals surface area contributed by atoms with E-state index in [1.807, 2.05) is 30.3 Å². The minimum atomic E-state index is -0.573. The van der Waals surface area contributed by atoms with Crippen molar-refractivity contribution in [1.82, 2.24) is 15.3 Å². The second kappa shape index (κ2) is 6.16. The van der Waals surface area contributed by atoms with E-state index in [1.54, 1.807) is 20.0 Å². The Bertz CT molecular complexity index is 943. The molecule has 0 unspecified atom stereocenters. The normalized spacial score (nSPS) is 10.8. The Hall–Kier alpha value is -3.15. The molecule has 6 heteroatoms. The van der Waals surface area contributed by atoms with E-state index in [1.165, 1.54) is 0 Å². The SMILES string of the molecule is Cc1c(C(N)=O)[nH]c(C(=O)NCc2ccc3ncccc3c2)c1C. The topological polar surface area (TPSA) is 101 Å². The Kier molecular flexibility index (Phi) is 4.04. The van der Waals surface area contributed by atoms with Gasteiger partial charge in [0.15, 0.2) is 0 Å². The van der Waals surface area contributed by atoms with Gasteiger partial charge >= 0.3 is 0 Å². The molecule has 6 nitrogen and oxygen atoms in total. The molecular weight excluding hydrogens is 304 g/mol. The van der Waals surface area contributed by atoms with Crippen molar-refractivity contribution in [1.29, 1.82) is 0 Å². The summed E-state index contributed by atoms with van der Waals surface area (Å²) in [7, 11) is 0. The molecule has 4 N–H and O–H groups in total. The number of nitrogens with two attached hydrogens (primary N) is 1. The Morgan fingerprint density at radius 2 is 1.92 bits per heavy atom. The zero-order chi connectivity index (χ0) is 17.3. The van der Waals surface area contributed by atoms with Gasteiger partial charge in [0.25, 0.3) is 11.8 Å². The van der Waals surface area contributed by atoms with Gasteiger partial charge in [-0.15, -0.1) is 0 Å². The molecule has 24 heavy (non-hydrogen) atoms. The smallest absolute Gasteiger partial charge is 0.268 e. The molecule has 0 spiro atoms. The zero-order valence-corrected chi connectivity index (χ0v) is 13.5. The maximum atomic E-state index is 12.4. The molecule has 0 saturated heterocycles. The second-order valence-corrected chi connectivity index (χ2v) is 5.70. The quantitative estimate of drug-likeness (QED) is 0.686. The van der Waals surface area contributed by atoms with E-state index in [2.05, 4.69) is 15.3 Å². The summed E-state index contributed by atoms with van der Waals surface area (Å²) in [5.41, 5.74) is 9.25. The van der Waals surface area contributed by atoms with E-state index in [4.69, 9.17) is 5.73 Å². The lowest BCUT2D eigenvalue weighted by Gasteiger charge is -2.06. The molecule has 0 aliphatic rings. The van der Waals surface area contributed by atoms with Gasteiger partial charge < -0.3 is 16.0 Å².